The molecule has 2 aromatic carbocycles. The molecule has 1 amide bonds. The molecule has 28 heavy (non-hydrogen) atoms. The molecule has 146 valence electrons. The second-order valence-electron chi connectivity index (χ2n) is 6.05. The Morgan fingerprint density at radius 3 is 2.32 bits per heavy atom. The summed E-state index contributed by atoms with van der Waals surface area (Å²) < 4.78 is 2.14. The van der Waals surface area contributed by atoms with Crippen LogP contribution in [0.5, 0.6) is 0 Å². The standard InChI is InChI=1S/C19H14Cl3N3O.CH3I/c20-13-8-14(21)18(15(22)9-13)19(26)24-6-7-25-16(10-23-17(25)11-24)12-4-2-1-3-5-12;1-2/h1-5,8-10H,6-7,11H2;1H3. The molecule has 1 aliphatic heterocycles. The van der Waals surface area contributed by atoms with Crippen molar-refractivity contribution in [3.63, 3.8) is 0 Å². The number of alkyl halides is 1. The van der Waals surface area contributed by atoms with Crippen molar-refractivity contribution in [3.05, 3.63) is 75.1 Å². The molecule has 1 aliphatic rings. The van der Waals surface area contributed by atoms with Crippen LogP contribution in [0, 0.1) is 0 Å². The van der Waals surface area contributed by atoms with Gasteiger partial charge in [-0.2, -0.15) is 0 Å². The van der Waals surface area contributed by atoms with Crippen molar-refractivity contribution in [2.45, 2.75) is 13.1 Å². The number of nitrogens with zero attached hydrogens (tertiary/aromatic N) is 3. The van der Waals surface area contributed by atoms with Gasteiger partial charge in [-0.05, 0) is 22.6 Å². The molecule has 0 N–H and O–H groups in total. The predicted molar refractivity (Wildman–Crippen MR) is 124 cm³/mol. The van der Waals surface area contributed by atoms with Crippen LogP contribution in [-0.2, 0) is 13.1 Å². The summed E-state index contributed by atoms with van der Waals surface area (Å²) in [6.07, 6.45) is 1.85. The van der Waals surface area contributed by atoms with Crippen molar-refractivity contribution < 1.29 is 4.79 Å². The summed E-state index contributed by atoms with van der Waals surface area (Å²) in [4.78, 5) is 21.1. The van der Waals surface area contributed by atoms with Gasteiger partial charge in [0.15, 0.2) is 0 Å². The maximum absolute atomic E-state index is 12.9. The Kier molecular flexibility index (Phi) is 7.25. The lowest BCUT2D eigenvalue weighted by atomic mass is 10.1. The molecule has 0 atom stereocenters. The van der Waals surface area contributed by atoms with E-state index in [0.29, 0.717) is 24.7 Å². The highest BCUT2D eigenvalue weighted by atomic mass is 127. The van der Waals surface area contributed by atoms with Gasteiger partial charge in [-0.15, -0.1) is 0 Å². The van der Waals surface area contributed by atoms with Crippen LogP contribution in [0.25, 0.3) is 11.3 Å². The lowest BCUT2D eigenvalue weighted by Crippen LogP contribution is -2.38. The van der Waals surface area contributed by atoms with E-state index in [4.69, 9.17) is 34.8 Å². The molecule has 0 bridgehead atoms. The first-order valence-corrected chi connectivity index (χ1v) is 11.7. The lowest BCUT2D eigenvalue weighted by molar-refractivity contribution is 0.0708. The first-order chi connectivity index (χ1) is 13.5. The van der Waals surface area contributed by atoms with Crippen LogP contribution in [-0.4, -0.2) is 31.8 Å². The van der Waals surface area contributed by atoms with E-state index in [0.717, 1.165) is 17.1 Å². The van der Waals surface area contributed by atoms with E-state index in [1.54, 1.807) is 4.90 Å². The number of aromatic nitrogens is 2. The molecule has 0 radical (unpaired) electrons. The van der Waals surface area contributed by atoms with Crippen molar-refractivity contribution in [1.82, 2.24) is 14.5 Å². The molecule has 4 rings (SSSR count). The van der Waals surface area contributed by atoms with E-state index < -0.39 is 0 Å². The van der Waals surface area contributed by atoms with Gasteiger partial charge in [0, 0.05) is 18.1 Å². The molecule has 0 saturated heterocycles. The molecule has 0 fully saturated rings. The fourth-order valence-corrected chi connectivity index (χ4v) is 4.16. The number of carbonyl (C=O) groups is 1. The molecule has 2 heterocycles. The zero-order chi connectivity index (χ0) is 20.3. The van der Waals surface area contributed by atoms with E-state index in [2.05, 4.69) is 44.3 Å². The average Bonchev–Trinajstić information content (AvgIpc) is 3.12. The molecule has 0 unspecified atom stereocenters. The molecular formula is C20H17Cl3IN3O. The Labute approximate surface area is 192 Å². The number of amides is 1. The number of fused-ring (bicyclic) bond motifs is 1. The minimum absolute atomic E-state index is 0.216. The largest absolute Gasteiger partial charge is 0.329 e. The summed E-state index contributed by atoms with van der Waals surface area (Å²) in [6.45, 7) is 1.62. The molecule has 8 heteroatoms. The minimum atomic E-state index is -0.216. The summed E-state index contributed by atoms with van der Waals surface area (Å²) >= 11 is 20.5. The van der Waals surface area contributed by atoms with Crippen LogP contribution in [0.4, 0.5) is 0 Å². The van der Waals surface area contributed by atoms with Crippen molar-refractivity contribution in [3.8, 4) is 11.3 Å². The number of carbonyl (C=O) groups excluding carboxylic acids is 1. The quantitative estimate of drug-likeness (QED) is 0.282. The minimum Gasteiger partial charge on any atom is -0.329 e. The number of halogens is 4. The van der Waals surface area contributed by atoms with E-state index in [-0.39, 0.29) is 21.5 Å². The Hall–Kier alpha value is -1.28. The average molecular weight is 549 g/mol. The van der Waals surface area contributed by atoms with Gasteiger partial charge < -0.3 is 9.47 Å². The van der Waals surface area contributed by atoms with Gasteiger partial charge in [0.2, 0.25) is 0 Å². The highest BCUT2D eigenvalue weighted by Crippen LogP contribution is 2.31. The van der Waals surface area contributed by atoms with E-state index in [1.165, 1.54) is 12.1 Å². The van der Waals surface area contributed by atoms with Crippen molar-refractivity contribution in [1.29, 1.82) is 0 Å². The first kappa shape index (κ1) is 21.4. The second-order valence-corrected chi connectivity index (χ2v) is 7.30. The maximum atomic E-state index is 12.9. The molecular weight excluding hydrogens is 532 g/mol. The number of rotatable bonds is 2. The van der Waals surface area contributed by atoms with Gasteiger partial charge >= 0.3 is 0 Å². The normalized spacial score (nSPS) is 12.8. The Morgan fingerprint density at radius 1 is 1.04 bits per heavy atom. The van der Waals surface area contributed by atoms with Gasteiger partial charge in [0.1, 0.15) is 5.82 Å². The monoisotopic (exact) mass is 547 g/mol. The van der Waals surface area contributed by atoms with E-state index >= 15 is 0 Å². The van der Waals surface area contributed by atoms with Crippen LogP contribution in [0.3, 0.4) is 0 Å². The first-order valence-electron chi connectivity index (χ1n) is 8.46. The topological polar surface area (TPSA) is 38.1 Å². The zero-order valence-electron chi connectivity index (χ0n) is 15.0. The molecule has 0 aliphatic carbocycles. The molecule has 4 nitrogen and oxygen atoms in total. The van der Waals surface area contributed by atoms with Gasteiger partial charge in [0.25, 0.3) is 5.91 Å². The Balaban J connectivity index is 0.00000109. The number of hydrogen-bond acceptors (Lipinski definition) is 2. The number of benzene rings is 2. The van der Waals surface area contributed by atoms with E-state index in [9.17, 15) is 4.79 Å². The van der Waals surface area contributed by atoms with Gasteiger partial charge in [-0.3, -0.25) is 4.79 Å². The fraction of sp³-hybridized carbons (Fsp3) is 0.200. The maximum Gasteiger partial charge on any atom is 0.257 e. The highest BCUT2D eigenvalue weighted by molar-refractivity contribution is 14.1. The Bertz CT molecular complexity index is 969. The van der Waals surface area contributed by atoms with Crippen LogP contribution in [0.15, 0.2) is 48.7 Å². The number of hydrogen-bond donors (Lipinski definition) is 0. The predicted octanol–water partition coefficient (Wildman–Crippen LogP) is 6.22. The SMILES string of the molecule is CI.O=C(c1c(Cl)cc(Cl)cc1Cl)N1CCn2c(-c3ccccc3)cnc2C1. The van der Waals surface area contributed by atoms with Crippen LogP contribution in [0.2, 0.25) is 15.1 Å². The zero-order valence-corrected chi connectivity index (χ0v) is 19.4. The van der Waals surface area contributed by atoms with Crippen LogP contribution < -0.4 is 0 Å². The molecule has 3 aromatic rings. The fourth-order valence-electron chi connectivity index (χ4n) is 3.18. The van der Waals surface area contributed by atoms with Gasteiger partial charge in [-0.1, -0.05) is 87.7 Å². The lowest BCUT2D eigenvalue weighted by Gasteiger charge is -2.29. The summed E-state index contributed by atoms with van der Waals surface area (Å²) in [6, 6.07) is 13.1. The van der Waals surface area contributed by atoms with Gasteiger partial charge in [-0.25, -0.2) is 4.98 Å². The number of imidazole rings is 1. The molecule has 1 aromatic heterocycles. The van der Waals surface area contributed by atoms with Crippen LogP contribution >= 0.6 is 57.4 Å². The summed E-state index contributed by atoms with van der Waals surface area (Å²) in [5, 5.41) is 0.913. The van der Waals surface area contributed by atoms with Gasteiger partial charge in [0.05, 0.1) is 34.0 Å². The summed E-state index contributed by atoms with van der Waals surface area (Å²) in [5.41, 5.74) is 2.44. The van der Waals surface area contributed by atoms with E-state index in [1.807, 2.05) is 29.3 Å². The smallest absolute Gasteiger partial charge is 0.257 e. The second kappa shape index (κ2) is 9.48. The van der Waals surface area contributed by atoms with Crippen LogP contribution in [0.1, 0.15) is 16.2 Å². The highest BCUT2D eigenvalue weighted by Gasteiger charge is 2.27. The third-order valence-electron chi connectivity index (χ3n) is 4.44. The van der Waals surface area contributed by atoms with Crippen molar-refractivity contribution >= 4 is 63.3 Å². The van der Waals surface area contributed by atoms with Crippen molar-refractivity contribution in [2.75, 3.05) is 11.5 Å². The molecule has 0 spiro atoms. The third kappa shape index (κ3) is 4.32. The summed E-state index contributed by atoms with van der Waals surface area (Å²) in [7, 11) is 0. The summed E-state index contributed by atoms with van der Waals surface area (Å²) in [5.74, 6) is 0.622. The third-order valence-corrected chi connectivity index (χ3v) is 5.26. The van der Waals surface area contributed by atoms with Crippen molar-refractivity contribution in [2.24, 2.45) is 0 Å². The Morgan fingerprint density at radius 2 is 1.68 bits per heavy atom. The molecule has 0 saturated carbocycles.